The smallest absolute Gasteiger partial charge is 0.243 e. The summed E-state index contributed by atoms with van der Waals surface area (Å²) in [5, 5.41) is 11.8. The van der Waals surface area contributed by atoms with Gasteiger partial charge in [0, 0.05) is 23.2 Å². The molecule has 0 aliphatic heterocycles. The van der Waals surface area contributed by atoms with Gasteiger partial charge in [-0.2, -0.15) is 4.72 Å². The molecule has 0 aliphatic carbocycles. The van der Waals surface area contributed by atoms with Gasteiger partial charge in [0.2, 0.25) is 10.0 Å². The molecular formula is C19H21N5O2S. The zero-order valence-corrected chi connectivity index (χ0v) is 15.6. The molecule has 1 unspecified atom stereocenters. The second-order valence-electron chi connectivity index (χ2n) is 6.12. The van der Waals surface area contributed by atoms with E-state index in [0.717, 1.165) is 5.39 Å². The number of sulfonamides is 1. The quantitative estimate of drug-likeness (QED) is 0.296. The fraction of sp³-hybridized carbons (Fsp3) is 0.158. The van der Waals surface area contributed by atoms with Crippen LogP contribution in [0.3, 0.4) is 0 Å². The van der Waals surface area contributed by atoms with E-state index in [1.807, 2.05) is 13.0 Å². The Balaban J connectivity index is 2.13. The molecule has 1 aromatic heterocycles. The summed E-state index contributed by atoms with van der Waals surface area (Å²) in [6.07, 6.45) is 3.51. The first-order chi connectivity index (χ1) is 12.9. The third kappa shape index (κ3) is 3.76. The number of fused-ring (bicyclic) bond motifs is 1. The lowest BCUT2D eigenvalue weighted by Gasteiger charge is -2.35. The molecule has 0 radical (unpaired) electrons. The summed E-state index contributed by atoms with van der Waals surface area (Å²) in [7, 11) is -3.94. The Bertz CT molecular complexity index is 1060. The molecule has 0 spiro atoms. The maximum absolute atomic E-state index is 13.3. The van der Waals surface area contributed by atoms with Crippen LogP contribution in [0.2, 0.25) is 0 Å². The minimum atomic E-state index is -3.94. The van der Waals surface area contributed by atoms with Crippen molar-refractivity contribution >= 4 is 26.8 Å². The van der Waals surface area contributed by atoms with E-state index in [1.54, 1.807) is 60.9 Å². The molecule has 3 aromatic rings. The van der Waals surface area contributed by atoms with E-state index >= 15 is 0 Å². The summed E-state index contributed by atoms with van der Waals surface area (Å²) < 4.78 is 29.3. The van der Waals surface area contributed by atoms with E-state index < -0.39 is 15.7 Å². The van der Waals surface area contributed by atoms with E-state index in [1.165, 1.54) is 0 Å². The third-order valence-corrected chi connectivity index (χ3v) is 5.94. The van der Waals surface area contributed by atoms with Crippen molar-refractivity contribution < 1.29 is 8.42 Å². The Hall–Kier alpha value is -2.97. The molecule has 0 saturated carbocycles. The Morgan fingerprint density at radius 2 is 1.89 bits per heavy atom. The Kier molecular flexibility index (Phi) is 5.11. The second-order valence-corrected chi connectivity index (χ2v) is 7.77. The van der Waals surface area contributed by atoms with Gasteiger partial charge in [-0.05, 0) is 24.1 Å². The predicted molar refractivity (Wildman–Crippen MR) is 106 cm³/mol. The number of nitrogens with zero attached hydrogens (tertiary/aromatic N) is 1. The third-order valence-electron chi connectivity index (χ3n) is 4.38. The fourth-order valence-electron chi connectivity index (χ4n) is 3.09. The molecule has 3 rings (SSSR count). The van der Waals surface area contributed by atoms with Crippen molar-refractivity contribution in [3.63, 3.8) is 0 Å². The highest BCUT2D eigenvalue weighted by atomic mass is 32.2. The molecule has 1 heterocycles. The van der Waals surface area contributed by atoms with Crippen molar-refractivity contribution in [3.8, 4) is 0 Å². The van der Waals surface area contributed by atoms with E-state index in [0.29, 0.717) is 17.4 Å². The van der Waals surface area contributed by atoms with E-state index in [-0.39, 0.29) is 10.9 Å². The van der Waals surface area contributed by atoms with Crippen LogP contribution >= 0.6 is 0 Å². The molecule has 27 heavy (non-hydrogen) atoms. The minimum absolute atomic E-state index is 0.140. The van der Waals surface area contributed by atoms with Gasteiger partial charge in [-0.25, -0.2) is 8.42 Å². The Morgan fingerprint density at radius 1 is 1.15 bits per heavy atom. The summed E-state index contributed by atoms with van der Waals surface area (Å²) in [4.78, 5) is 4.18. The lowest BCUT2D eigenvalue weighted by Crippen LogP contribution is -2.59. The van der Waals surface area contributed by atoms with Crippen LogP contribution in [0.5, 0.6) is 0 Å². The van der Waals surface area contributed by atoms with Gasteiger partial charge in [0.05, 0.1) is 4.90 Å². The summed E-state index contributed by atoms with van der Waals surface area (Å²) in [6, 6.07) is 15.7. The highest BCUT2D eigenvalue weighted by molar-refractivity contribution is 7.89. The topological polar surface area (TPSA) is 121 Å². The standard InChI is InChI=1S/C19H21N5O2S/c1-2-19(23-18(20)21,15-8-4-3-5-9-15)24-27(25,26)17-10-6-7-14-13-22-12-11-16(14)17/h3-13,24H,2H2,1H3,(H4,20,21,23). The molecule has 0 fully saturated rings. The van der Waals surface area contributed by atoms with Gasteiger partial charge in [0.15, 0.2) is 5.96 Å². The summed E-state index contributed by atoms with van der Waals surface area (Å²) in [5.74, 6) is -0.328. The maximum Gasteiger partial charge on any atom is 0.243 e. The van der Waals surface area contributed by atoms with Crippen LogP contribution < -0.4 is 15.8 Å². The van der Waals surface area contributed by atoms with Gasteiger partial charge >= 0.3 is 0 Å². The average molecular weight is 383 g/mol. The summed E-state index contributed by atoms with van der Waals surface area (Å²) in [5.41, 5.74) is 4.98. The number of guanidine groups is 1. The van der Waals surface area contributed by atoms with E-state index in [9.17, 15) is 8.42 Å². The van der Waals surface area contributed by atoms with Crippen LogP contribution in [0.25, 0.3) is 10.8 Å². The highest BCUT2D eigenvalue weighted by Gasteiger charge is 2.36. The second kappa shape index (κ2) is 7.34. The molecule has 0 aliphatic rings. The van der Waals surface area contributed by atoms with E-state index in [2.05, 4.69) is 15.0 Å². The minimum Gasteiger partial charge on any atom is -0.370 e. The van der Waals surface area contributed by atoms with Crippen molar-refractivity contribution in [1.82, 2.24) is 15.0 Å². The van der Waals surface area contributed by atoms with E-state index in [4.69, 9.17) is 11.1 Å². The Morgan fingerprint density at radius 3 is 2.56 bits per heavy atom. The number of hydrogen-bond donors (Lipinski definition) is 4. The molecule has 0 amide bonds. The normalized spacial score (nSPS) is 13.8. The first-order valence-electron chi connectivity index (χ1n) is 8.42. The van der Waals surface area contributed by atoms with Crippen molar-refractivity contribution in [2.75, 3.05) is 0 Å². The van der Waals surface area contributed by atoms with Gasteiger partial charge < -0.3 is 11.1 Å². The SMILES string of the molecule is CCC(NC(=N)N)(NS(=O)(=O)c1cccc2cnccc12)c1ccccc1. The van der Waals surface area contributed by atoms with Crippen molar-refractivity contribution in [3.05, 3.63) is 72.6 Å². The first-order valence-corrected chi connectivity index (χ1v) is 9.91. The number of nitrogens with two attached hydrogens (primary N) is 1. The number of hydrogen-bond acceptors (Lipinski definition) is 4. The lowest BCUT2D eigenvalue weighted by atomic mass is 9.98. The zero-order valence-electron chi connectivity index (χ0n) is 14.8. The molecule has 5 N–H and O–H groups in total. The van der Waals surface area contributed by atoms with Gasteiger partial charge in [0.25, 0.3) is 0 Å². The van der Waals surface area contributed by atoms with Crippen LogP contribution in [-0.2, 0) is 15.7 Å². The number of nitrogens with one attached hydrogen (secondary N) is 3. The molecule has 7 nitrogen and oxygen atoms in total. The molecule has 8 heteroatoms. The van der Waals surface area contributed by atoms with Crippen molar-refractivity contribution in [2.45, 2.75) is 23.9 Å². The van der Waals surface area contributed by atoms with Gasteiger partial charge in [-0.3, -0.25) is 10.4 Å². The largest absolute Gasteiger partial charge is 0.370 e. The number of pyridine rings is 1. The highest BCUT2D eigenvalue weighted by Crippen LogP contribution is 2.28. The van der Waals surface area contributed by atoms with Crippen LogP contribution in [0, 0.1) is 5.41 Å². The predicted octanol–water partition coefficient (Wildman–Crippen LogP) is 2.26. The molecule has 140 valence electrons. The van der Waals surface area contributed by atoms with Crippen molar-refractivity contribution in [2.24, 2.45) is 5.73 Å². The molecular weight excluding hydrogens is 362 g/mol. The van der Waals surface area contributed by atoms with Crippen LogP contribution in [0.4, 0.5) is 0 Å². The monoisotopic (exact) mass is 383 g/mol. The fourth-order valence-corrected chi connectivity index (χ4v) is 4.70. The maximum atomic E-state index is 13.3. The molecule has 1 atom stereocenters. The average Bonchev–Trinajstić information content (AvgIpc) is 2.67. The summed E-state index contributed by atoms with van der Waals surface area (Å²) >= 11 is 0. The Labute approximate surface area is 158 Å². The van der Waals surface area contributed by atoms with Gasteiger partial charge in [0.1, 0.15) is 5.66 Å². The van der Waals surface area contributed by atoms with Crippen molar-refractivity contribution in [1.29, 1.82) is 5.41 Å². The van der Waals surface area contributed by atoms with Crippen LogP contribution in [-0.4, -0.2) is 19.4 Å². The number of aromatic nitrogens is 1. The molecule has 2 aromatic carbocycles. The lowest BCUT2D eigenvalue weighted by molar-refractivity contribution is 0.346. The molecule has 0 saturated heterocycles. The van der Waals surface area contributed by atoms with Crippen LogP contribution in [0.1, 0.15) is 18.9 Å². The zero-order chi connectivity index (χ0) is 19.5. The first kappa shape index (κ1) is 18.8. The number of rotatable bonds is 6. The number of benzene rings is 2. The van der Waals surface area contributed by atoms with Crippen LogP contribution in [0.15, 0.2) is 71.9 Å². The molecule has 0 bridgehead atoms. The summed E-state index contributed by atoms with van der Waals surface area (Å²) in [6.45, 7) is 1.82. The van der Waals surface area contributed by atoms with Gasteiger partial charge in [-0.15, -0.1) is 0 Å². The van der Waals surface area contributed by atoms with Gasteiger partial charge in [-0.1, -0.05) is 49.4 Å².